The first-order chi connectivity index (χ1) is 16.2. The van der Waals surface area contributed by atoms with Gasteiger partial charge in [-0.15, -0.1) is 0 Å². The van der Waals surface area contributed by atoms with Crippen molar-refractivity contribution in [2.45, 2.75) is 65.3 Å². The van der Waals surface area contributed by atoms with E-state index in [-0.39, 0.29) is 18.3 Å². The van der Waals surface area contributed by atoms with Gasteiger partial charge in [0, 0.05) is 18.0 Å². The molecule has 1 aromatic carbocycles. The summed E-state index contributed by atoms with van der Waals surface area (Å²) in [5, 5.41) is 2.79. The number of amides is 1. The fraction of sp³-hybridized carbons (Fsp3) is 0.462. The molecule has 9 heteroatoms. The van der Waals surface area contributed by atoms with Crippen LogP contribution in [0.25, 0.3) is 22.2 Å². The van der Waals surface area contributed by atoms with Gasteiger partial charge >= 0.3 is 12.3 Å². The van der Waals surface area contributed by atoms with Crippen molar-refractivity contribution in [2.75, 3.05) is 6.61 Å². The smallest absolute Gasteiger partial charge is 0.419 e. The summed E-state index contributed by atoms with van der Waals surface area (Å²) in [6, 6.07) is 7.40. The molecule has 6 nitrogen and oxygen atoms in total. The molecule has 2 aromatic heterocycles. The lowest BCUT2D eigenvalue weighted by Crippen LogP contribution is -2.52. The lowest BCUT2D eigenvalue weighted by atomic mass is 9.91. The van der Waals surface area contributed by atoms with Gasteiger partial charge in [0.15, 0.2) is 0 Å². The molecule has 0 aliphatic rings. The molecule has 0 spiro atoms. The second-order valence-electron chi connectivity index (χ2n) is 10.4. The topological polar surface area (TPSA) is 76.2 Å². The Bertz CT molecular complexity index is 1180. The Balaban J connectivity index is 1.90. The van der Waals surface area contributed by atoms with Crippen molar-refractivity contribution in [3.05, 3.63) is 48.3 Å². The van der Waals surface area contributed by atoms with Crippen molar-refractivity contribution in [2.24, 2.45) is 5.92 Å². The van der Waals surface area contributed by atoms with E-state index in [1.807, 2.05) is 13.8 Å². The lowest BCUT2D eigenvalue weighted by Gasteiger charge is -2.33. The summed E-state index contributed by atoms with van der Waals surface area (Å²) in [6.45, 7) is 10.7. The zero-order valence-corrected chi connectivity index (χ0v) is 20.8. The number of aromatic amines is 1. The predicted molar refractivity (Wildman–Crippen MR) is 129 cm³/mol. The molecule has 0 fully saturated rings. The molecular formula is C26H32F3N3O3. The van der Waals surface area contributed by atoms with Crippen LogP contribution in [-0.4, -0.2) is 33.8 Å². The third kappa shape index (κ3) is 6.90. The summed E-state index contributed by atoms with van der Waals surface area (Å²) in [6.07, 6.45) is -1.56. The third-order valence-electron chi connectivity index (χ3n) is 5.25. The van der Waals surface area contributed by atoms with E-state index in [4.69, 9.17) is 9.47 Å². The Morgan fingerprint density at radius 2 is 1.83 bits per heavy atom. The molecule has 2 N–H and O–H groups in total. The number of rotatable bonds is 7. The molecule has 0 saturated carbocycles. The van der Waals surface area contributed by atoms with Crippen LogP contribution in [-0.2, 0) is 10.9 Å². The number of aromatic nitrogens is 2. The number of alkyl carbamates (subject to hydrolysis) is 1. The molecule has 35 heavy (non-hydrogen) atoms. The van der Waals surface area contributed by atoms with Gasteiger partial charge in [0.25, 0.3) is 0 Å². The highest BCUT2D eigenvalue weighted by atomic mass is 19.4. The molecule has 1 unspecified atom stereocenters. The van der Waals surface area contributed by atoms with Crippen LogP contribution in [0.2, 0.25) is 0 Å². The largest absolute Gasteiger partial charge is 0.491 e. The van der Waals surface area contributed by atoms with Crippen molar-refractivity contribution in [3.8, 4) is 16.9 Å². The average Bonchev–Trinajstić information content (AvgIpc) is 3.18. The van der Waals surface area contributed by atoms with E-state index in [1.165, 1.54) is 6.07 Å². The summed E-state index contributed by atoms with van der Waals surface area (Å²) in [7, 11) is 0. The van der Waals surface area contributed by atoms with E-state index in [0.717, 1.165) is 6.07 Å². The van der Waals surface area contributed by atoms with Gasteiger partial charge in [0.1, 0.15) is 18.0 Å². The second-order valence-corrected chi connectivity index (χ2v) is 10.4. The number of fused-ring (bicyclic) bond motifs is 1. The van der Waals surface area contributed by atoms with Crippen molar-refractivity contribution >= 4 is 17.1 Å². The van der Waals surface area contributed by atoms with Crippen LogP contribution < -0.4 is 10.1 Å². The van der Waals surface area contributed by atoms with Crippen molar-refractivity contribution in [3.63, 3.8) is 0 Å². The van der Waals surface area contributed by atoms with Gasteiger partial charge in [-0.2, -0.15) is 13.2 Å². The number of halogens is 3. The van der Waals surface area contributed by atoms with E-state index in [2.05, 4.69) is 15.3 Å². The molecule has 0 radical (unpaired) electrons. The SMILES string of the molecule is CC(C)CC(C)(COc1ccc(-c2ccnc3cc[nH]c23)cc1C(F)(F)F)NC(=O)OC(C)(C)C. The Hall–Kier alpha value is -3.23. The highest BCUT2D eigenvalue weighted by Gasteiger charge is 2.37. The van der Waals surface area contributed by atoms with Crippen LogP contribution >= 0.6 is 0 Å². The summed E-state index contributed by atoms with van der Waals surface area (Å²) in [5.41, 5.74) is -0.241. The Kier molecular flexibility index (Phi) is 7.38. The third-order valence-corrected chi connectivity index (χ3v) is 5.25. The number of ether oxygens (including phenoxy) is 2. The van der Waals surface area contributed by atoms with E-state index in [0.29, 0.717) is 28.6 Å². The Labute approximate surface area is 203 Å². The number of nitrogens with zero attached hydrogens (tertiary/aromatic N) is 1. The number of carbonyl (C=O) groups excluding carboxylic acids is 1. The highest BCUT2D eigenvalue weighted by molar-refractivity contribution is 5.91. The number of carbonyl (C=O) groups is 1. The van der Waals surface area contributed by atoms with Crippen LogP contribution in [0.3, 0.4) is 0 Å². The number of alkyl halides is 3. The number of pyridine rings is 1. The van der Waals surface area contributed by atoms with Gasteiger partial charge in [-0.3, -0.25) is 4.98 Å². The summed E-state index contributed by atoms with van der Waals surface area (Å²) >= 11 is 0. The van der Waals surface area contributed by atoms with Gasteiger partial charge in [0.2, 0.25) is 0 Å². The zero-order valence-electron chi connectivity index (χ0n) is 20.8. The molecule has 3 aromatic rings. The maximum atomic E-state index is 14.0. The maximum Gasteiger partial charge on any atom is 0.419 e. The molecule has 0 bridgehead atoms. The first-order valence-electron chi connectivity index (χ1n) is 11.4. The highest BCUT2D eigenvalue weighted by Crippen LogP contribution is 2.40. The van der Waals surface area contributed by atoms with E-state index in [1.54, 1.807) is 58.3 Å². The standard InChI is InChI=1S/C26H32F3N3O3/c1-16(2)14-25(6,32-23(33)35-24(3,4)5)15-34-21-8-7-17(13-19(21)26(27,28)29)18-9-11-30-20-10-12-31-22(18)20/h7-13,16,31H,14-15H2,1-6H3,(H,32,33). The molecule has 1 amide bonds. The minimum absolute atomic E-state index is 0.151. The summed E-state index contributed by atoms with van der Waals surface area (Å²) in [5.74, 6) is -0.156. The van der Waals surface area contributed by atoms with Crippen LogP contribution in [0.5, 0.6) is 5.75 Å². The number of benzene rings is 1. The average molecular weight is 492 g/mol. The van der Waals surface area contributed by atoms with Gasteiger partial charge in [0.05, 0.1) is 22.1 Å². The maximum absolute atomic E-state index is 14.0. The lowest BCUT2D eigenvalue weighted by molar-refractivity contribution is -0.139. The van der Waals surface area contributed by atoms with Crippen molar-refractivity contribution in [1.82, 2.24) is 15.3 Å². The summed E-state index contributed by atoms with van der Waals surface area (Å²) in [4.78, 5) is 19.7. The monoisotopic (exact) mass is 491 g/mol. The normalized spacial score (nSPS) is 14.1. The molecule has 3 rings (SSSR count). The van der Waals surface area contributed by atoms with Crippen LogP contribution in [0, 0.1) is 5.92 Å². The molecule has 0 aliphatic carbocycles. The van der Waals surface area contributed by atoms with Crippen molar-refractivity contribution in [1.29, 1.82) is 0 Å². The Morgan fingerprint density at radius 1 is 1.11 bits per heavy atom. The zero-order chi connectivity index (χ0) is 26.0. The van der Waals surface area contributed by atoms with Gasteiger partial charge in [-0.25, -0.2) is 4.79 Å². The van der Waals surface area contributed by atoms with E-state index < -0.39 is 29.0 Å². The molecule has 1 atom stereocenters. The molecule has 2 heterocycles. The molecular weight excluding hydrogens is 459 g/mol. The number of hydrogen-bond acceptors (Lipinski definition) is 4. The van der Waals surface area contributed by atoms with E-state index >= 15 is 0 Å². The number of hydrogen-bond donors (Lipinski definition) is 2. The predicted octanol–water partition coefficient (Wildman–Crippen LogP) is 6.96. The van der Waals surface area contributed by atoms with Crippen LogP contribution in [0.1, 0.15) is 53.5 Å². The number of nitrogens with one attached hydrogen (secondary N) is 2. The van der Waals surface area contributed by atoms with Crippen LogP contribution in [0.15, 0.2) is 42.7 Å². The molecule has 0 aliphatic heterocycles. The van der Waals surface area contributed by atoms with E-state index in [9.17, 15) is 18.0 Å². The summed E-state index contributed by atoms with van der Waals surface area (Å²) < 4.78 is 53.2. The first-order valence-corrected chi connectivity index (χ1v) is 11.4. The second kappa shape index (κ2) is 9.79. The fourth-order valence-corrected chi connectivity index (χ4v) is 4.08. The molecule has 0 saturated heterocycles. The van der Waals surface area contributed by atoms with Gasteiger partial charge < -0.3 is 19.8 Å². The minimum Gasteiger partial charge on any atom is -0.491 e. The van der Waals surface area contributed by atoms with Crippen molar-refractivity contribution < 1.29 is 27.4 Å². The van der Waals surface area contributed by atoms with Gasteiger partial charge in [-0.1, -0.05) is 19.9 Å². The minimum atomic E-state index is -4.64. The molecule has 190 valence electrons. The van der Waals surface area contributed by atoms with Gasteiger partial charge in [-0.05, 0) is 69.9 Å². The quantitative estimate of drug-likeness (QED) is 0.375. The Morgan fingerprint density at radius 3 is 2.46 bits per heavy atom. The van der Waals surface area contributed by atoms with Crippen LogP contribution in [0.4, 0.5) is 18.0 Å². The number of H-pyrrole nitrogens is 1. The fourth-order valence-electron chi connectivity index (χ4n) is 4.08. The first kappa shape index (κ1) is 26.4.